The van der Waals surface area contributed by atoms with Gasteiger partial charge in [0.05, 0.1) is 8.95 Å². The molecule has 5 heteroatoms. The van der Waals surface area contributed by atoms with E-state index in [1.54, 1.807) is 0 Å². The lowest BCUT2D eigenvalue weighted by molar-refractivity contribution is 0.0836. The number of piperazine rings is 1. The minimum absolute atomic E-state index is 0.293. The van der Waals surface area contributed by atoms with E-state index in [0.29, 0.717) is 11.8 Å². The van der Waals surface area contributed by atoms with Gasteiger partial charge in [-0.25, -0.2) is 0 Å². The van der Waals surface area contributed by atoms with Gasteiger partial charge < -0.3 is 10.4 Å². The molecular weight excluding hydrogens is 384 g/mol. The predicted molar refractivity (Wildman–Crippen MR) is 88.0 cm³/mol. The molecule has 0 amide bonds. The number of phenolic OH excluding ortho intramolecular Hbond substituents is 1. The van der Waals surface area contributed by atoms with E-state index in [-0.39, 0.29) is 0 Å². The van der Waals surface area contributed by atoms with Crippen LogP contribution in [-0.2, 0) is 0 Å². The van der Waals surface area contributed by atoms with Crippen LogP contribution in [0.1, 0.15) is 30.9 Å². The molecule has 1 aromatic rings. The molecule has 1 aromatic carbocycles. The number of aromatic hydroxyl groups is 1. The summed E-state index contributed by atoms with van der Waals surface area (Å²) in [4.78, 5) is 2.60. The third-order valence-corrected chi connectivity index (χ3v) is 5.73. The lowest BCUT2D eigenvalue weighted by Crippen LogP contribution is -2.47. The average Bonchev–Trinajstić information content (AvgIpc) is 2.40. The van der Waals surface area contributed by atoms with E-state index in [9.17, 15) is 5.11 Å². The fourth-order valence-corrected chi connectivity index (χ4v) is 4.47. The van der Waals surface area contributed by atoms with Crippen LogP contribution in [0.25, 0.3) is 0 Å². The highest BCUT2D eigenvalue weighted by atomic mass is 79.9. The average molecular weight is 404 g/mol. The van der Waals surface area contributed by atoms with Crippen LogP contribution < -0.4 is 5.32 Å². The Morgan fingerprint density at radius 3 is 2.25 bits per heavy atom. The van der Waals surface area contributed by atoms with Crippen LogP contribution in [0.4, 0.5) is 0 Å². The van der Waals surface area contributed by atoms with Gasteiger partial charge in [-0.3, -0.25) is 4.90 Å². The smallest absolute Gasteiger partial charge is 0.143 e. The first kappa shape index (κ1) is 14.8. The Labute approximate surface area is 137 Å². The van der Waals surface area contributed by atoms with Gasteiger partial charge in [0.25, 0.3) is 0 Å². The maximum Gasteiger partial charge on any atom is 0.143 e. The summed E-state index contributed by atoms with van der Waals surface area (Å²) in [6.45, 7) is 4.36. The second kappa shape index (κ2) is 6.34. The molecule has 3 nitrogen and oxygen atoms in total. The molecule has 3 rings (SSSR count). The molecule has 0 unspecified atom stereocenters. The van der Waals surface area contributed by atoms with Gasteiger partial charge in [-0.15, -0.1) is 0 Å². The number of rotatable bonds is 3. The van der Waals surface area contributed by atoms with Gasteiger partial charge in [-0.2, -0.15) is 0 Å². The Kier molecular flexibility index (Phi) is 4.70. The summed E-state index contributed by atoms with van der Waals surface area (Å²) in [7, 11) is 0. The third-order valence-electron chi connectivity index (χ3n) is 4.52. The molecule has 20 heavy (non-hydrogen) atoms. The number of nitrogens with zero attached hydrogens (tertiary/aromatic N) is 1. The first-order valence-electron chi connectivity index (χ1n) is 7.29. The molecule has 2 fully saturated rings. The van der Waals surface area contributed by atoms with Crippen molar-refractivity contribution in [2.75, 3.05) is 26.2 Å². The normalized spacial score (nSPS) is 22.5. The Bertz CT molecular complexity index is 462. The van der Waals surface area contributed by atoms with E-state index >= 15 is 0 Å². The number of halogens is 2. The lowest BCUT2D eigenvalue weighted by Gasteiger charge is -2.43. The number of hydrogen-bond donors (Lipinski definition) is 2. The minimum Gasteiger partial charge on any atom is -0.506 e. The van der Waals surface area contributed by atoms with Crippen LogP contribution in [0.2, 0.25) is 0 Å². The zero-order valence-electron chi connectivity index (χ0n) is 11.4. The van der Waals surface area contributed by atoms with E-state index in [1.807, 2.05) is 0 Å². The molecule has 0 radical (unpaired) electrons. The highest BCUT2D eigenvalue weighted by Gasteiger charge is 2.34. The van der Waals surface area contributed by atoms with Gasteiger partial charge >= 0.3 is 0 Å². The molecule has 1 saturated heterocycles. The molecule has 1 saturated carbocycles. The van der Waals surface area contributed by atoms with Crippen LogP contribution in [0, 0.1) is 5.92 Å². The summed E-state index contributed by atoms with van der Waals surface area (Å²) in [6.07, 6.45) is 4.00. The third kappa shape index (κ3) is 2.91. The summed E-state index contributed by atoms with van der Waals surface area (Å²) in [5.74, 6) is 1.05. The van der Waals surface area contributed by atoms with E-state index < -0.39 is 0 Å². The van der Waals surface area contributed by atoms with Crippen LogP contribution in [0.15, 0.2) is 21.1 Å². The quantitative estimate of drug-likeness (QED) is 0.808. The van der Waals surface area contributed by atoms with Crippen molar-refractivity contribution < 1.29 is 5.11 Å². The molecule has 110 valence electrons. The standard InChI is InChI=1S/C15H20Br2N2O/c16-12-8-11(9-13(17)15(12)20)14(10-2-1-3-10)19-6-4-18-5-7-19/h8-10,14,18,20H,1-7H2/t14-/m1/s1. The predicted octanol–water partition coefficient (Wildman–Crippen LogP) is 3.66. The highest BCUT2D eigenvalue weighted by molar-refractivity contribution is 9.11. The Balaban J connectivity index is 1.91. The second-order valence-corrected chi connectivity index (χ2v) is 7.46. The highest BCUT2D eigenvalue weighted by Crippen LogP contribution is 2.44. The first-order valence-corrected chi connectivity index (χ1v) is 8.88. The second-order valence-electron chi connectivity index (χ2n) is 5.75. The van der Waals surface area contributed by atoms with Crippen molar-refractivity contribution in [1.29, 1.82) is 0 Å². The lowest BCUT2D eigenvalue weighted by atomic mass is 9.76. The van der Waals surface area contributed by atoms with Crippen molar-refractivity contribution in [2.24, 2.45) is 5.92 Å². The zero-order chi connectivity index (χ0) is 14.1. The van der Waals surface area contributed by atoms with Crippen molar-refractivity contribution >= 4 is 31.9 Å². The SMILES string of the molecule is Oc1c(Br)cc([C@@H](C2CCC2)N2CCNCC2)cc1Br. The molecule has 1 heterocycles. The minimum atomic E-state index is 0.293. The van der Waals surface area contributed by atoms with Gasteiger partial charge in [0.1, 0.15) is 5.75 Å². The van der Waals surface area contributed by atoms with E-state index in [4.69, 9.17) is 0 Å². The van der Waals surface area contributed by atoms with Crippen molar-refractivity contribution in [3.63, 3.8) is 0 Å². The summed E-state index contributed by atoms with van der Waals surface area (Å²) in [5, 5.41) is 13.3. The summed E-state index contributed by atoms with van der Waals surface area (Å²) < 4.78 is 1.56. The Morgan fingerprint density at radius 2 is 1.75 bits per heavy atom. The Morgan fingerprint density at radius 1 is 1.15 bits per heavy atom. The van der Waals surface area contributed by atoms with Crippen LogP contribution >= 0.6 is 31.9 Å². The molecule has 2 aliphatic rings. The molecule has 1 aliphatic heterocycles. The summed E-state index contributed by atoms with van der Waals surface area (Å²) in [5.41, 5.74) is 1.31. The van der Waals surface area contributed by atoms with Crippen LogP contribution in [0.5, 0.6) is 5.75 Å². The maximum atomic E-state index is 9.92. The largest absolute Gasteiger partial charge is 0.506 e. The molecule has 1 atom stereocenters. The number of nitrogens with one attached hydrogen (secondary N) is 1. The molecule has 0 bridgehead atoms. The molecule has 0 spiro atoms. The van der Waals surface area contributed by atoms with Crippen molar-refractivity contribution in [3.05, 3.63) is 26.6 Å². The van der Waals surface area contributed by atoms with E-state index in [1.165, 1.54) is 24.8 Å². The fraction of sp³-hybridized carbons (Fsp3) is 0.600. The van der Waals surface area contributed by atoms with Crippen molar-refractivity contribution in [3.8, 4) is 5.75 Å². The summed E-state index contributed by atoms with van der Waals surface area (Å²) >= 11 is 6.93. The maximum absolute atomic E-state index is 9.92. The number of phenols is 1. The fourth-order valence-electron chi connectivity index (χ4n) is 3.25. The van der Waals surface area contributed by atoms with Gasteiger partial charge in [0.2, 0.25) is 0 Å². The molecule has 1 aliphatic carbocycles. The first-order chi connectivity index (χ1) is 9.66. The molecular formula is C15H20Br2N2O. The number of benzene rings is 1. The van der Waals surface area contributed by atoms with E-state index in [2.05, 4.69) is 54.2 Å². The van der Waals surface area contributed by atoms with Gasteiger partial charge in [-0.1, -0.05) is 6.42 Å². The van der Waals surface area contributed by atoms with Crippen molar-refractivity contribution in [1.82, 2.24) is 10.2 Å². The molecule has 2 N–H and O–H groups in total. The van der Waals surface area contributed by atoms with E-state index in [0.717, 1.165) is 41.0 Å². The topological polar surface area (TPSA) is 35.5 Å². The van der Waals surface area contributed by atoms with Crippen LogP contribution in [-0.4, -0.2) is 36.2 Å². The molecule has 0 aromatic heterocycles. The monoisotopic (exact) mass is 402 g/mol. The van der Waals surface area contributed by atoms with Gasteiger partial charge in [0, 0.05) is 32.2 Å². The Hall–Kier alpha value is -0.100. The summed E-state index contributed by atoms with van der Waals surface area (Å²) in [6, 6.07) is 4.66. The zero-order valence-corrected chi connectivity index (χ0v) is 14.6. The van der Waals surface area contributed by atoms with Crippen LogP contribution in [0.3, 0.4) is 0 Å². The van der Waals surface area contributed by atoms with Crippen molar-refractivity contribution in [2.45, 2.75) is 25.3 Å². The number of hydrogen-bond acceptors (Lipinski definition) is 3. The van der Waals surface area contributed by atoms with Gasteiger partial charge in [0.15, 0.2) is 0 Å². The van der Waals surface area contributed by atoms with Gasteiger partial charge in [-0.05, 0) is 68.3 Å².